The number of esters is 1. The molecule has 0 aliphatic heterocycles. The average Bonchev–Trinajstić information content (AvgIpc) is 2.17. The van der Waals surface area contributed by atoms with Crippen LogP contribution in [0.3, 0.4) is 0 Å². The molecule has 0 saturated carbocycles. The Morgan fingerprint density at radius 1 is 1.79 bits per heavy atom. The summed E-state index contributed by atoms with van der Waals surface area (Å²) in [5.41, 5.74) is 0.551. The lowest BCUT2D eigenvalue weighted by atomic mass is 10.1. The first-order valence-electron chi connectivity index (χ1n) is 4.00. The van der Waals surface area contributed by atoms with E-state index in [1.54, 1.807) is 6.07 Å². The summed E-state index contributed by atoms with van der Waals surface area (Å²) in [6, 6.07) is 3.11. The molecule has 1 aromatic rings. The third kappa shape index (κ3) is 2.97. The van der Waals surface area contributed by atoms with Crippen molar-refractivity contribution in [3.8, 4) is 0 Å². The van der Waals surface area contributed by atoms with Crippen LogP contribution in [0.25, 0.3) is 0 Å². The molecule has 0 unspecified atom stereocenters. The van der Waals surface area contributed by atoms with Gasteiger partial charge in [-0.1, -0.05) is 11.6 Å². The van der Waals surface area contributed by atoms with Gasteiger partial charge in [-0.3, -0.25) is 4.79 Å². The van der Waals surface area contributed by atoms with E-state index in [1.165, 1.54) is 19.4 Å². The van der Waals surface area contributed by atoms with Crippen molar-refractivity contribution < 1.29 is 14.6 Å². The molecule has 5 heteroatoms. The lowest BCUT2D eigenvalue weighted by molar-refractivity contribution is -0.142. The standard InChI is InChI=1S/C9H10ClNO3/c1-14-9(13)5-7(12)6-2-3-11-8(10)4-6/h2-4,7,12H,5H2,1H3/t7-/m0/s1. The van der Waals surface area contributed by atoms with Gasteiger partial charge in [-0.15, -0.1) is 0 Å². The zero-order chi connectivity index (χ0) is 10.6. The zero-order valence-corrected chi connectivity index (χ0v) is 8.36. The molecule has 0 fully saturated rings. The van der Waals surface area contributed by atoms with Crippen LogP contribution < -0.4 is 0 Å². The van der Waals surface area contributed by atoms with Gasteiger partial charge in [-0.2, -0.15) is 0 Å². The predicted octanol–water partition coefficient (Wildman–Crippen LogP) is 1.33. The van der Waals surface area contributed by atoms with Crippen LogP contribution in [-0.2, 0) is 9.53 Å². The maximum absolute atomic E-state index is 10.8. The number of carbonyl (C=O) groups is 1. The fourth-order valence-electron chi connectivity index (χ4n) is 0.984. The summed E-state index contributed by atoms with van der Waals surface area (Å²) in [6.45, 7) is 0. The first-order chi connectivity index (χ1) is 6.63. The van der Waals surface area contributed by atoms with E-state index < -0.39 is 12.1 Å². The number of nitrogens with zero attached hydrogens (tertiary/aromatic N) is 1. The number of aliphatic hydroxyl groups is 1. The number of aromatic nitrogens is 1. The number of rotatable bonds is 3. The molecule has 1 atom stereocenters. The zero-order valence-electron chi connectivity index (χ0n) is 7.61. The molecule has 0 bridgehead atoms. The molecule has 0 aliphatic rings. The van der Waals surface area contributed by atoms with Crippen LogP contribution in [0.15, 0.2) is 18.3 Å². The molecule has 0 amide bonds. The van der Waals surface area contributed by atoms with E-state index in [0.29, 0.717) is 5.56 Å². The molecular weight excluding hydrogens is 206 g/mol. The number of hydrogen-bond acceptors (Lipinski definition) is 4. The van der Waals surface area contributed by atoms with E-state index in [9.17, 15) is 9.90 Å². The van der Waals surface area contributed by atoms with Crippen LogP contribution in [-0.4, -0.2) is 23.2 Å². The largest absolute Gasteiger partial charge is 0.469 e. The molecule has 0 aliphatic carbocycles. The van der Waals surface area contributed by atoms with Gasteiger partial charge in [0, 0.05) is 6.20 Å². The summed E-state index contributed by atoms with van der Waals surface area (Å²) in [7, 11) is 1.27. The molecule has 1 rings (SSSR count). The van der Waals surface area contributed by atoms with Crippen LogP contribution in [0.2, 0.25) is 5.15 Å². The number of aliphatic hydroxyl groups excluding tert-OH is 1. The summed E-state index contributed by atoms with van der Waals surface area (Å²) >= 11 is 5.62. The van der Waals surface area contributed by atoms with Crippen molar-refractivity contribution >= 4 is 17.6 Å². The summed E-state index contributed by atoms with van der Waals surface area (Å²) < 4.78 is 4.43. The Labute approximate surface area is 86.5 Å². The molecule has 1 heterocycles. The van der Waals surface area contributed by atoms with Gasteiger partial charge in [0.2, 0.25) is 0 Å². The minimum Gasteiger partial charge on any atom is -0.469 e. The van der Waals surface area contributed by atoms with Gasteiger partial charge in [-0.25, -0.2) is 4.98 Å². The molecule has 0 spiro atoms. The normalized spacial score (nSPS) is 12.2. The lowest BCUT2D eigenvalue weighted by Crippen LogP contribution is -2.08. The lowest BCUT2D eigenvalue weighted by Gasteiger charge is -2.08. The molecule has 1 aromatic heterocycles. The molecule has 1 N–H and O–H groups in total. The smallest absolute Gasteiger partial charge is 0.308 e. The number of ether oxygens (including phenoxy) is 1. The maximum Gasteiger partial charge on any atom is 0.308 e. The van der Waals surface area contributed by atoms with Crippen molar-refractivity contribution in [3.63, 3.8) is 0 Å². The SMILES string of the molecule is COC(=O)C[C@H](O)c1ccnc(Cl)c1. The van der Waals surface area contributed by atoms with E-state index in [-0.39, 0.29) is 11.6 Å². The molecule has 0 radical (unpaired) electrons. The third-order valence-corrected chi connectivity index (χ3v) is 1.93. The van der Waals surface area contributed by atoms with Gasteiger partial charge in [0.25, 0.3) is 0 Å². The molecule has 76 valence electrons. The average molecular weight is 216 g/mol. The summed E-state index contributed by atoms with van der Waals surface area (Å²) in [5.74, 6) is -0.467. The van der Waals surface area contributed by atoms with Crippen LogP contribution in [0.1, 0.15) is 18.1 Å². The predicted molar refractivity (Wildman–Crippen MR) is 50.8 cm³/mol. The highest BCUT2D eigenvalue weighted by Crippen LogP contribution is 2.18. The number of hydrogen-bond donors (Lipinski definition) is 1. The highest BCUT2D eigenvalue weighted by Gasteiger charge is 2.13. The van der Waals surface area contributed by atoms with Crippen molar-refractivity contribution in [2.24, 2.45) is 0 Å². The number of pyridine rings is 1. The highest BCUT2D eigenvalue weighted by atomic mass is 35.5. The minimum atomic E-state index is -0.900. The van der Waals surface area contributed by atoms with Crippen LogP contribution in [0, 0.1) is 0 Å². The first-order valence-corrected chi connectivity index (χ1v) is 4.37. The van der Waals surface area contributed by atoms with Gasteiger partial charge >= 0.3 is 5.97 Å². The van der Waals surface area contributed by atoms with Crippen LogP contribution in [0.5, 0.6) is 0 Å². The fourth-order valence-corrected chi connectivity index (χ4v) is 1.17. The minimum absolute atomic E-state index is 0.0865. The van der Waals surface area contributed by atoms with Crippen molar-refractivity contribution in [2.45, 2.75) is 12.5 Å². The molecule has 0 aromatic carbocycles. The first kappa shape index (κ1) is 10.9. The third-order valence-electron chi connectivity index (χ3n) is 1.72. The van der Waals surface area contributed by atoms with Crippen molar-refractivity contribution in [1.82, 2.24) is 4.98 Å². The summed E-state index contributed by atoms with van der Waals surface area (Å²) in [5, 5.41) is 9.84. The second kappa shape index (κ2) is 4.93. The fraction of sp³-hybridized carbons (Fsp3) is 0.333. The second-order valence-corrected chi connectivity index (χ2v) is 3.10. The number of carbonyl (C=O) groups excluding carboxylic acids is 1. The summed E-state index contributed by atoms with van der Waals surface area (Å²) in [6.07, 6.45) is 0.484. The van der Waals surface area contributed by atoms with Crippen LogP contribution in [0.4, 0.5) is 0 Å². The quantitative estimate of drug-likeness (QED) is 0.611. The Balaban J connectivity index is 2.69. The van der Waals surface area contributed by atoms with Gasteiger partial charge in [0.1, 0.15) is 5.15 Å². The van der Waals surface area contributed by atoms with Gasteiger partial charge in [0.05, 0.1) is 19.6 Å². The van der Waals surface area contributed by atoms with Gasteiger partial charge in [0.15, 0.2) is 0 Å². The van der Waals surface area contributed by atoms with E-state index in [2.05, 4.69) is 9.72 Å². The van der Waals surface area contributed by atoms with Crippen molar-refractivity contribution in [3.05, 3.63) is 29.0 Å². The Hall–Kier alpha value is -1.13. The van der Waals surface area contributed by atoms with Gasteiger partial charge in [-0.05, 0) is 17.7 Å². The topological polar surface area (TPSA) is 59.4 Å². The maximum atomic E-state index is 10.8. The number of methoxy groups -OCH3 is 1. The molecular formula is C9H10ClNO3. The van der Waals surface area contributed by atoms with E-state index >= 15 is 0 Å². The summed E-state index contributed by atoms with van der Waals surface area (Å²) in [4.78, 5) is 14.6. The Kier molecular flexibility index (Phi) is 3.85. The number of halogens is 1. The van der Waals surface area contributed by atoms with E-state index in [0.717, 1.165) is 0 Å². The monoisotopic (exact) mass is 215 g/mol. The van der Waals surface area contributed by atoms with Gasteiger partial charge < -0.3 is 9.84 Å². The molecule has 0 saturated heterocycles. The van der Waals surface area contributed by atoms with E-state index in [1.807, 2.05) is 0 Å². The van der Waals surface area contributed by atoms with Crippen molar-refractivity contribution in [2.75, 3.05) is 7.11 Å². The Morgan fingerprint density at radius 2 is 2.50 bits per heavy atom. The van der Waals surface area contributed by atoms with Crippen LogP contribution >= 0.6 is 11.6 Å². The Morgan fingerprint density at radius 3 is 3.07 bits per heavy atom. The highest BCUT2D eigenvalue weighted by molar-refractivity contribution is 6.29. The van der Waals surface area contributed by atoms with E-state index in [4.69, 9.17) is 11.6 Å². The molecule has 4 nitrogen and oxygen atoms in total. The Bertz CT molecular complexity index is 330. The molecule has 14 heavy (non-hydrogen) atoms. The second-order valence-electron chi connectivity index (χ2n) is 2.71. The van der Waals surface area contributed by atoms with Crippen molar-refractivity contribution in [1.29, 1.82) is 0 Å².